The number of halogens is 3. The first-order chi connectivity index (χ1) is 15.6. The maximum atomic E-state index is 13.2. The zero-order chi connectivity index (χ0) is 24.3. The molecular weight excluding hydrogens is 535 g/mol. The number of amides is 2. The highest BCUT2D eigenvalue weighted by Gasteiger charge is 2.23. The highest BCUT2D eigenvalue weighted by molar-refractivity contribution is 9.10. The third-order valence-electron chi connectivity index (χ3n) is 4.61. The Labute approximate surface area is 208 Å². The van der Waals surface area contributed by atoms with Gasteiger partial charge in [-0.25, -0.2) is 9.67 Å². The van der Waals surface area contributed by atoms with Crippen molar-refractivity contribution < 1.29 is 14.7 Å². The van der Waals surface area contributed by atoms with Gasteiger partial charge in [0.25, 0.3) is 11.8 Å². The quantitative estimate of drug-likeness (QED) is 0.328. The van der Waals surface area contributed by atoms with Gasteiger partial charge in [0, 0.05) is 29.7 Å². The molecule has 0 saturated carbocycles. The predicted octanol–water partition coefficient (Wildman–Crippen LogP) is 3.68. The highest BCUT2D eigenvalue weighted by atomic mass is 79.9. The summed E-state index contributed by atoms with van der Waals surface area (Å²) in [6, 6.07) is 7.47. The summed E-state index contributed by atoms with van der Waals surface area (Å²) in [5.41, 5.74) is 6.55. The standard InChI is InChI=1S/C21H21BrCl2N6O3/c1-10-6-12(23)8-13(20(32)27-11(2)7-17(25)31)18(10)28-21(33)15-9-16(22)29-30(15)19-14(24)4-3-5-26-19/h3-6,8-9,11,17,31H,7,25H2,1-2H3,(H,27,32)(H,28,33). The number of aryl methyl sites for hydroxylation is 1. The van der Waals surface area contributed by atoms with Gasteiger partial charge < -0.3 is 21.5 Å². The van der Waals surface area contributed by atoms with E-state index in [1.807, 2.05) is 0 Å². The molecule has 2 heterocycles. The van der Waals surface area contributed by atoms with Gasteiger partial charge in [-0.3, -0.25) is 9.59 Å². The number of pyridine rings is 1. The molecule has 0 bridgehead atoms. The van der Waals surface area contributed by atoms with E-state index in [1.54, 1.807) is 32.0 Å². The van der Waals surface area contributed by atoms with E-state index in [4.69, 9.17) is 28.9 Å². The summed E-state index contributed by atoms with van der Waals surface area (Å²) in [5, 5.41) is 19.8. The highest BCUT2D eigenvalue weighted by Crippen LogP contribution is 2.28. The number of hydrogen-bond donors (Lipinski definition) is 4. The number of hydrogen-bond acceptors (Lipinski definition) is 6. The first-order valence-corrected chi connectivity index (χ1v) is 11.3. The molecule has 2 atom stereocenters. The van der Waals surface area contributed by atoms with E-state index < -0.39 is 24.1 Å². The number of nitrogens with zero attached hydrogens (tertiary/aromatic N) is 3. The molecule has 3 rings (SSSR count). The Hall–Kier alpha value is -2.50. The average molecular weight is 556 g/mol. The largest absolute Gasteiger partial charge is 0.379 e. The van der Waals surface area contributed by atoms with Gasteiger partial charge >= 0.3 is 0 Å². The van der Waals surface area contributed by atoms with Crippen molar-refractivity contribution in [1.82, 2.24) is 20.1 Å². The molecule has 1 aromatic carbocycles. The van der Waals surface area contributed by atoms with Crippen molar-refractivity contribution in [2.75, 3.05) is 5.32 Å². The molecule has 0 aliphatic rings. The molecule has 2 aromatic heterocycles. The molecule has 0 radical (unpaired) electrons. The molecule has 0 fully saturated rings. The van der Waals surface area contributed by atoms with Gasteiger partial charge in [0.1, 0.15) is 16.5 Å². The number of aromatic nitrogens is 3. The van der Waals surface area contributed by atoms with Crippen LogP contribution in [-0.4, -0.2) is 44.0 Å². The minimum absolute atomic E-state index is 0.141. The van der Waals surface area contributed by atoms with Crippen LogP contribution in [0.3, 0.4) is 0 Å². The summed E-state index contributed by atoms with van der Waals surface area (Å²) < 4.78 is 1.70. The van der Waals surface area contributed by atoms with Crippen LogP contribution in [0.5, 0.6) is 0 Å². The third kappa shape index (κ3) is 6.10. The summed E-state index contributed by atoms with van der Waals surface area (Å²) in [6.45, 7) is 3.42. The Morgan fingerprint density at radius 3 is 2.67 bits per heavy atom. The average Bonchev–Trinajstić information content (AvgIpc) is 3.10. The zero-order valence-electron chi connectivity index (χ0n) is 17.6. The van der Waals surface area contributed by atoms with Crippen molar-refractivity contribution in [2.45, 2.75) is 32.5 Å². The SMILES string of the molecule is Cc1cc(Cl)cc(C(=O)NC(C)CC(N)O)c1NC(=O)c1cc(Br)nn1-c1ncccc1Cl. The number of nitrogens with two attached hydrogens (primary N) is 1. The molecule has 2 amide bonds. The second kappa shape index (κ2) is 10.6. The van der Waals surface area contributed by atoms with Crippen molar-refractivity contribution in [2.24, 2.45) is 5.73 Å². The number of nitrogens with one attached hydrogen (secondary N) is 2. The second-order valence-electron chi connectivity index (χ2n) is 7.35. The van der Waals surface area contributed by atoms with Gasteiger partial charge in [-0.2, -0.15) is 5.10 Å². The molecule has 5 N–H and O–H groups in total. The van der Waals surface area contributed by atoms with Gasteiger partial charge in [-0.1, -0.05) is 23.2 Å². The van der Waals surface area contributed by atoms with Gasteiger partial charge in [0.15, 0.2) is 5.82 Å². The van der Waals surface area contributed by atoms with E-state index in [9.17, 15) is 14.7 Å². The van der Waals surface area contributed by atoms with E-state index in [0.29, 0.717) is 20.2 Å². The zero-order valence-corrected chi connectivity index (χ0v) is 20.7. The van der Waals surface area contributed by atoms with Gasteiger partial charge in [-0.15, -0.1) is 0 Å². The lowest BCUT2D eigenvalue weighted by atomic mass is 10.1. The van der Waals surface area contributed by atoms with Crippen molar-refractivity contribution in [3.8, 4) is 5.82 Å². The lowest BCUT2D eigenvalue weighted by Crippen LogP contribution is -2.37. The van der Waals surface area contributed by atoms with E-state index in [-0.39, 0.29) is 29.2 Å². The van der Waals surface area contributed by atoms with Crippen molar-refractivity contribution >= 4 is 56.6 Å². The normalized spacial score (nSPS) is 12.8. The summed E-state index contributed by atoms with van der Waals surface area (Å²) in [4.78, 5) is 30.4. The lowest BCUT2D eigenvalue weighted by molar-refractivity contribution is 0.0920. The molecule has 3 aromatic rings. The monoisotopic (exact) mass is 554 g/mol. The number of benzene rings is 1. The van der Waals surface area contributed by atoms with E-state index >= 15 is 0 Å². The minimum atomic E-state index is -1.07. The summed E-state index contributed by atoms with van der Waals surface area (Å²) in [7, 11) is 0. The molecule has 174 valence electrons. The number of carbonyl (C=O) groups is 2. The topological polar surface area (TPSA) is 135 Å². The smallest absolute Gasteiger partial charge is 0.274 e. The lowest BCUT2D eigenvalue weighted by Gasteiger charge is -2.19. The van der Waals surface area contributed by atoms with Crippen LogP contribution in [0.15, 0.2) is 41.1 Å². The molecule has 0 aliphatic carbocycles. The maximum absolute atomic E-state index is 13.2. The Balaban J connectivity index is 1.96. The van der Waals surface area contributed by atoms with Gasteiger partial charge in [-0.05, 0) is 59.6 Å². The Kier molecular flexibility index (Phi) is 8.09. The van der Waals surface area contributed by atoms with Crippen LogP contribution in [0.2, 0.25) is 10.0 Å². The fourth-order valence-corrected chi connectivity index (χ4v) is 4.05. The van der Waals surface area contributed by atoms with E-state index in [2.05, 4.69) is 36.6 Å². The third-order valence-corrected chi connectivity index (χ3v) is 5.51. The predicted molar refractivity (Wildman–Crippen MR) is 130 cm³/mol. The van der Waals surface area contributed by atoms with Crippen LogP contribution in [0.25, 0.3) is 5.82 Å². The summed E-state index contributed by atoms with van der Waals surface area (Å²) in [5.74, 6) is -0.749. The molecule has 33 heavy (non-hydrogen) atoms. The number of aliphatic hydroxyl groups is 1. The minimum Gasteiger partial charge on any atom is -0.379 e. The van der Waals surface area contributed by atoms with Crippen LogP contribution < -0.4 is 16.4 Å². The summed E-state index contributed by atoms with van der Waals surface area (Å²) in [6.07, 6.45) is 0.618. The Bertz CT molecular complexity index is 1200. The van der Waals surface area contributed by atoms with Gasteiger partial charge in [0.2, 0.25) is 0 Å². The molecule has 0 saturated heterocycles. The van der Waals surface area contributed by atoms with Crippen LogP contribution in [-0.2, 0) is 0 Å². The molecule has 0 aliphatic heterocycles. The van der Waals surface area contributed by atoms with Crippen LogP contribution in [0.1, 0.15) is 39.8 Å². The Morgan fingerprint density at radius 1 is 1.27 bits per heavy atom. The first kappa shape index (κ1) is 25.1. The van der Waals surface area contributed by atoms with Crippen LogP contribution in [0, 0.1) is 6.92 Å². The Morgan fingerprint density at radius 2 is 2.00 bits per heavy atom. The fraction of sp³-hybridized carbons (Fsp3) is 0.238. The van der Waals surface area contributed by atoms with E-state index in [1.165, 1.54) is 23.0 Å². The second-order valence-corrected chi connectivity index (χ2v) is 9.01. The summed E-state index contributed by atoms with van der Waals surface area (Å²) >= 11 is 15.7. The number of rotatable bonds is 7. The van der Waals surface area contributed by atoms with Gasteiger partial charge in [0.05, 0.1) is 16.3 Å². The van der Waals surface area contributed by atoms with Crippen molar-refractivity contribution in [3.05, 3.63) is 68.0 Å². The van der Waals surface area contributed by atoms with Crippen molar-refractivity contribution in [3.63, 3.8) is 0 Å². The molecular formula is C21H21BrCl2N6O3. The number of aliphatic hydroxyl groups excluding tert-OH is 1. The molecule has 2 unspecified atom stereocenters. The number of carbonyl (C=O) groups excluding carboxylic acids is 2. The molecule has 9 nitrogen and oxygen atoms in total. The first-order valence-electron chi connectivity index (χ1n) is 9.79. The molecule has 12 heteroatoms. The van der Waals surface area contributed by atoms with E-state index in [0.717, 1.165) is 0 Å². The number of anilines is 1. The van der Waals surface area contributed by atoms with Crippen LogP contribution >= 0.6 is 39.1 Å². The fourth-order valence-electron chi connectivity index (χ4n) is 3.20. The molecule has 0 spiro atoms. The van der Waals surface area contributed by atoms with Crippen molar-refractivity contribution in [1.29, 1.82) is 0 Å². The van der Waals surface area contributed by atoms with Crippen LogP contribution in [0.4, 0.5) is 5.69 Å². The maximum Gasteiger partial charge on any atom is 0.274 e.